The van der Waals surface area contributed by atoms with Crippen LogP contribution in [0.5, 0.6) is 5.75 Å². The molecule has 0 saturated carbocycles. The Labute approximate surface area is 95.4 Å². The second-order valence-corrected chi connectivity index (χ2v) is 3.75. The average molecular weight is 272 g/mol. The maximum absolute atomic E-state index is 9.30. The number of rotatable bonds is 5. The molecule has 1 atom stereocenters. The van der Waals surface area contributed by atoms with E-state index in [1.807, 2.05) is 12.1 Å². The second kappa shape index (κ2) is 6.29. The van der Waals surface area contributed by atoms with Crippen molar-refractivity contribution in [1.82, 2.24) is 0 Å². The minimum Gasteiger partial charge on any atom is -0.491 e. The predicted molar refractivity (Wildman–Crippen MR) is 59.7 cm³/mol. The Balaban J connectivity index is 2.36. The van der Waals surface area contributed by atoms with Crippen LogP contribution in [0.4, 0.5) is 0 Å². The molecule has 0 aromatic heterocycles. The molecule has 0 heterocycles. The molecular formula is C9H10BrN3O2. The van der Waals surface area contributed by atoms with Gasteiger partial charge in [-0.2, -0.15) is 0 Å². The summed E-state index contributed by atoms with van der Waals surface area (Å²) in [5.41, 5.74) is 8.03. The number of hydrogen-bond donors (Lipinski definition) is 1. The van der Waals surface area contributed by atoms with E-state index in [-0.39, 0.29) is 13.2 Å². The van der Waals surface area contributed by atoms with Crippen molar-refractivity contribution < 1.29 is 9.84 Å². The second-order valence-electron chi connectivity index (χ2n) is 2.83. The Morgan fingerprint density at radius 3 is 2.73 bits per heavy atom. The molecule has 1 aromatic rings. The summed E-state index contributed by atoms with van der Waals surface area (Å²) in [4.78, 5) is 2.55. The van der Waals surface area contributed by atoms with Crippen LogP contribution in [0.15, 0.2) is 33.9 Å². The number of aliphatic hydroxyl groups is 1. The zero-order valence-electron chi connectivity index (χ0n) is 7.88. The topological polar surface area (TPSA) is 78.2 Å². The summed E-state index contributed by atoms with van der Waals surface area (Å²) in [7, 11) is 0. The summed E-state index contributed by atoms with van der Waals surface area (Å²) < 4.78 is 6.23. The van der Waals surface area contributed by atoms with E-state index in [9.17, 15) is 5.11 Å². The molecule has 0 aliphatic heterocycles. The van der Waals surface area contributed by atoms with Crippen LogP contribution in [0.1, 0.15) is 0 Å². The molecule has 80 valence electrons. The molecule has 0 fully saturated rings. The number of benzene rings is 1. The molecule has 15 heavy (non-hydrogen) atoms. The van der Waals surface area contributed by atoms with E-state index in [4.69, 9.17) is 10.3 Å². The summed E-state index contributed by atoms with van der Waals surface area (Å²) in [6, 6.07) is 7.25. The molecule has 0 radical (unpaired) electrons. The Morgan fingerprint density at radius 2 is 2.13 bits per heavy atom. The predicted octanol–water partition coefficient (Wildman–Crippen LogP) is 2.50. The third kappa shape index (κ3) is 4.69. The van der Waals surface area contributed by atoms with Gasteiger partial charge in [-0.25, -0.2) is 0 Å². The molecular weight excluding hydrogens is 262 g/mol. The quantitative estimate of drug-likeness (QED) is 0.507. The first kappa shape index (κ1) is 11.8. The summed E-state index contributed by atoms with van der Waals surface area (Å²) in [6.07, 6.45) is -0.774. The average Bonchev–Trinajstić information content (AvgIpc) is 2.25. The van der Waals surface area contributed by atoms with Crippen LogP contribution in [0, 0.1) is 0 Å². The minimum absolute atomic E-state index is 0.0209. The molecule has 1 unspecified atom stereocenters. The van der Waals surface area contributed by atoms with Crippen LogP contribution in [0.25, 0.3) is 10.4 Å². The SMILES string of the molecule is [N-]=[N+]=NCC(O)COc1ccc(Br)cc1. The lowest BCUT2D eigenvalue weighted by atomic mass is 10.3. The number of halogens is 1. The van der Waals surface area contributed by atoms with E-state index in [0.29, 0.717) is 5.75 Å². The van der Waals surface area contributed by atoms with Gasteiger partial charge in [0.15, 0.2) is 0 Å². The van der Waals surface area contributed by atoms with Crippen LogP contribution in [-0.2, 0) is 0 Å². The van der Waals surface area contributed by atoms with Gasteiger partial charge in [-0.05, 0) is 29.8 Å². The van der Waals surface area contributed by atoms with Crippen LogP contribution >= 0.6 is 15.9 Å². The molecule has 0 aliphatic carbocycles. The highest BCUT2D eigenvalue weighted by Crippen LogP contribution is 2.16. The molecule has 0 saturated heterocycles. The van der Waals surface area contributed by atoms with Crippen molar-refractivity contribution in [2.45, 2.75) is 6.10 Å². The summed E-state index contributed by atoms with van der Waals surface area (Å²) in [6.45, 7) is 0.133. The highest BCUT2D eigenvalue weighted by atomic mass is 79.9. The molecule has 0 aliphatic rings. The molecule has 1 aromatic carbocycles. The number of aliphatic hydroxyl groups excluding tert-OH is 1. The number of hydrogen-bond acceptors (Lipinski definition) is 3. The van der Waals surface area contributed by atoms with Gasteiger partial charge in [0, 0.05) is 9.38 Å². The minimum atomic E-state index is -0.774. The first-order valence-electron chi connectivity index (χ1n) is 4.29. The van der Waals surface area contributed by atoms with Crippen molar-refractivity contribution in [3.05, 3.63) is 39.2 Å². The summed E-state index contributed by atoms with van der Waals surface area (Å²) >= 11 is 3.30. The Kier molecular flexibility index (Phi) is 4.97. The van der Waals surface area contributed by atoms with Crippen molar-refractivity contribution in [2.75, 3.05) is 13.2 Å². The van der Waals surface area contributed by atoms with Gasteiger partial charge in [0.05, 0.1) is 12.6 Å². The Bertz CT molecular complexity index is 349. The van der Waals surface area contributed by atoms with Crippen LogP contribution in [0.2, 0.25) is 0 Å². The molecule has 1 rings (SSSR count). The van der Waals surface area contributed by atoms with Gasteiger partial charge in [0.1, 0.15) is 12.4 Å². The monoisotopic (exact) mass is 271 g/mol. The van der Waals surface area contributed by atoms with Gasteiger partial charge in [0.2, 0.25) is 0 Å². The fourth-order valence-corrected chi connectivity index (χ4v) is 1.17. The van der Waals surface area contributed by atoms with Crippen molar-refractivity contribution in [1.29, 1.82) is 0 Å². The Hall–Kier alpha value is -1.23. The smallest absolute Gasteiger partial charge is 0.119 e. The summed E-state index contributed by atoms with van der Waals surface area (Å²) in [5, 5.41) is 12.5. The van der Waals surface area contributed by atoms with Gasteiger partial charge in [-0.1, -0.05) is 21.0 Å². The summed E-state index contributed by atoms with van der Waals surface area (Å²) in [5.74, 6) is 0.665. The number of nitrogens with zero attached hydrogens (tertiary/aromatic N) is 3. The lowest BCUT2D eigenvalue weighted by molar-refractivity contribution is 0.114. The zero-order chi connectivity index (χ0) is 11.1. The zero-order valence-corrected chi connectivity index (χ0v) is 9.46. The van der Waals surface area contributed by atoms with Crippen molar-refractivity contribution >= 4 is 15.9 Å². The fourth-order valence-electron chi connectivity index (χ4n) is 0.907. The maximum atomic E-state index is 9.30. The largest absolute Gasteiger partial charge is 0.491 e. The van der Waals surface area contributed by atoms with Gasteiger partial charge in [-0.3, -0.25) is 0 Å². The third-order valence-corrected chi connectivity index (χ3v) is 2.14. The van der Waals surface area contributed by atoms with E-state index in [1.165, 1.54) is 0 Å². The lowest BCUT2D eigenvalue weighted by Crippen LogP contribution is -2.20. The van der Waals surface area contributed by atoms with E-state index in [0.717, 1.165) is 4.47 Å². The fraction of sp³-hybridized carbons (Fsp3) is 0.333. The third-order valence-electron chi connectivity index (χ3n) is 1.61. The van der Waals surface area contributed by atoms with Gasteiger partial charge in [-0.15, -0.1) is 0 Å². The van der Waals surface area contributed by atoms with Crippen molar-refractivity contribution in [3.63, 3.8) is 0 Å². The molecule has 0 spiro atoms. The van der Waals surface area contributed by atoms with Gasteiger partial charge >= 0.3 is 0 Å². The first-order chi connectivity index (χ1) is 7.22. The molecule has 0 bridgehead atoms. The standard InChI is InChI=1S/C9H10BrN3O2/c10-7-1-3-9(4-2-7)15-6-8(14)5-12-13-11/h1-4,8,14H,5-6H2. The first-order valence-corrected chi connectivity index (χ1v) is 5.09. The van der Waals surface area contributed by atoms with Gasteiger partial charge < -0.3 is 9.84 Å². The van der Waals surface area contributed by atoms with Crippen molar-refractivity contribution in [3.8, 4) is 5.75 Å². The maximum Gasteiger partial charge on any atom is 0.119 e. The van der Waals surface area contributed by atoms with Gasteiger partial charge in [0.25, 0.3) is 0 Å². The van der Waals surface area contributed by atoms with Crippen LogP contribution < -0.4 is 4.74 Å². The highest BCUT2D eigenvalue weighted by molar-refractivity contribution is 9.10. The van der Waals surface area contributed by atoms with Crippen molar-refractivity contribution in [2.24, 2.45) is 5.11 Å². The van der Waals surface area contributed by atoms with E-state index in [1.54, 1.807) is 12.1 Å². The molecule has 0 amide bonds. The lowest BCUT2D eigenvalue weighted by Gasteiger charge is -2.09. The van der Waals surface area contributed by atoms with Crippen LogP contribution in [0.3, 0.4) is 0 Å². The number of azide groups is 1. The normalized spacial score (nSPS) is 11.6. The van der Waals surface area contributed by atoms with E-state index in [2.05, 4.69) is 26.0 Å². The molecule has 6 heteroatoms. The molecule has 5 nitrogen and oxygen atoms in total. The molecule has 1 N–H and O–H groups in total. The Morgan fingerprint density at radius 1 is 1.47 bits per heavy atom. The van der Waals surface area contributed by atoms with E-state index < -0.39 is 6.10 Å². The van der Waals surface area contributed by atoms with Crippen LogP contribution in [-0.4, -0.2) is 24.4 Å². The van der Waals surface area contributed by atoms with E-state index >= 15 is 0 Å². The highest BCUT2D eigenvalue weighted by Gasteiger charge is 2.03. The number of ether oxygens (including phenoxy) is 1.